The summed E-state index contributed by atoms with van der Waals surface area (Å²) in [5.74, 6) is 1.85. The molecule has 0 heterocycles. The lowest BCUT2D eigenvalue weighted by atomic mass is 9.80. The Morgan fingerprint density at radius 3 is 2.56 bits per heavy atom. The van der Waals surface area contributed by atoms with E-state index in [0.717, 1.165) is 31.4 Å². The highest BCUT2D eigenvalue weighted by Gasteiger charge is 2.28. The summed E-state index contributed by atoms with van der Waals surface area (Å²) in [7, 11) is 3.68. The Kier molecular flexibility index (Phi) is 4.37. The summed E-state index contributed by atoms with van der Waals surface area (Å²) in [5, 5.41) is 3.39. The Labute approximate surface area is 109 Å². The van der Waals surface area contributed by atoms with Crippen molar-refractivity contribution >= 4 is 5.78 Å². The summed E-state index contributed by atoms with van der Waals surface area (Å²) >= 11 is 0. The van der Waals surface area contributed by atoms with Crippen molar-refractivity contribution in [1.82, 2.24) is 5.32 Å². The second kappa shape index (κ2) is 6.01. The number of benzene rings is 1. The third-order valence-electron chi connectivity index (χ3n) is 3.84. The molecule has 0 aromatic heterocycles. The van der Waals surface area contributed by atoms with Crippen LogP contribution in [0.5, 0.6) is 5.75 Å². The minimum absolute atomic E-state index is 0.272. The number of ketones is 1. The van der Waals surface area contributed by atoms with Crippen LogP contribution in [0.4, 0.5) is 0 Å². The van der Waals surface area contributed by atoms with Gasteiger partial charge in [0.05, 0.1) is 7.11 Å². The van der Waals surface area contributed by atoms with Gasteiger partial charge in [-0.2, -0.15) is 0 Å². The van der Waals surface area contributed by atoms with Crippen LogP contribution in [0.3, 0.4) is 0 Å². The lowest BCUT2D eigenvalue weighted by molar-refractivity contribution is -0.121. The van der Waals surface area contributed by atoms with Crippen molar-refractivity contribution in [3.8, 4) is 5.75 Å². The second-order valence-electron chi connectivity index (χ2n) is 4.88. The van der Waals surface area contributed by atoms with Gasteiger partial charge in [-0.3, -0.25) is 4.79 Å². The maximum Gasteiger partial charge on any atom is 0.132 e. The number of carbonyl (C=O) groups is 1. The molecule has 1 unspecified atom stereocenters. The highest BCUT2D eigenvalue weighted by atomic mass is 16.5. The van der Waals surface area contributed by atoms with Crippen LogP contribution in [-0.4, -0.2) is 19.9 Å². The van der Waals surface area contributed by atoms with E-state index in [0.29, 0.717) is 11.7 Å². The Morgan fingerprint density at radius 1 is 1.28 bits per heavy atom. The van der Waals surface area contributed by atoms with Crippen molar-refractivity contribution in [3.63, 3.8) is 0 Å². The van der Waals surface area contributed by atoms with E-state index in [1.165, 1.54) is 5.56 Å². The fourth-order valence-corrected chi connectivity index (χ4v) is 2.86. The fourth-order valence-electron chi connectivity index (χ4n) is 2.86. The molecule has 1 atom stereocenters. The molecule has 1 aromatic carbocycles. The van der Waals surface area contributed by atoms with Gasteiger partial charge in [-0.15, -0.1) is 0 Å². The highest BCUT2D eigenvalue weighted by Crippen LogP contribution is 2.36. The third kappa shape index (κ3) is 2.72. The zero-order chi connectivity index (χ0) is 13.0. The Balaban J connectivity index is 2.19. The molecule has 0 spiro atoms. The Bertz CT molecular complexity index is 407. The molecule has 0 aliphatic heterocycles. The van der Waals surface area contributed by atoms with Crippen molar-refractivity contribution in [2.24, 2.45) is 5.92 Å². The predicted molar refractivity (Wildman–Crippen MR) is 71.8 cm³/mol. The number of rotatable bonds is 4. The van der Waals surface area contributed by atoms with Crippen molar-refractivity contribution in [3.05, 3.63) is 29.8 Å². The maximum atomic E-state index is 11.3. The number of carbonyl (C=O) groups excluding carboxylic acids is 1. The molecule has 1 aliphatic rings. The second-order valence-corrected chi connectivity index (χ2v) is 4.88. The first-order valence-corrected chi connectivity index (χ1v) is 6.58. The number of methoxy groups -OCH3 is 1. The van der Waals surface area contributed by atoms with Gasteiger partial charge in [0, 0.05) is 24.4 Å². The van der Waals surface area contributed by atoms with Crippen LogP contribution < -0.4 is 10.1 Å². The maximum absolute atomic E-state index is 11.3. The van der Waals surface area contributed by atoms with Gasteiger partial charge < -0.3 is 10.1 Å². The predicted octanol–water partition coefficient (Wildman–Crippen LogP) is 2.72. The van der Waals surface area contributed by atoms with Crippen molar-refractivity contribution < 1.29 is 9.53 Å². The van der Waals surface area contributed by atoms with E-state index in [-0.39, 0.29) is 6.04 Å². The number of para-hydroxylation sites is 1. The van der Waals surface area contributed by atoms with Gasteiger partial charge in [-0.25, -0.2) is 0 Å². The quantitative estimate of drug-likeness (QED) is 0.889. The van der Waals surface area contributed by atoms with Crippen molar-refractivity contribution in [1.29, 1.82) is 0 Å². The fraction of sp³-hybridized carbons (Fsp3) is 0.533. The van der Waals surface area contributed by atoms with Crippen LogP contribution in [0.2, 0.25) is 0 Å². The molecule has 0 amide bonds. The summed E-state index contributed by atoms with van der Waals surface area (Å²) in [5.41, 5.74) is 1.20. The molecule has 1 fully saturated rings. The van der Waals surface area contributed by atoms with Crippen molar-refractivity contribution in [2.45, 2.75) is 31.7 Å². The molecule has 3 nitrogen and oxygen atoms in total. The zero-order valence-electron chi connectivity index (χ0n) is 11.1. The molecular weight excluding hydrogens is 226 g/mol. The first-order valence-electron chi connectivity index (χ1n) is 6.58. The normalized spacial score (nSPS) is 18.7. The summed E-state index contributed by atoms with van der Waals surface area (Å²) in [6.07, 6.45) is 3.39. The molecule has 0 saturated heterocycles. The molecule has 1 saturated carbocycles. The first-order chi connectivity index (χ1) is 8.76. The number of nitrogens with one attached hydrogen (secondary N) is 1. The number of hydrogen-bond donors (Lipinski definition) is 1. The molecule has 18 heavy (non-hydrogen) atoms. The molecule has 1 N–H and O–H groups in total. The molecule has 3 heteroatoms. The largest absolute Gasteiger partial charge is 0.496 e. The summed E-state index contributed by atoms with van der Waals surface area (Å²) in [6.45, 7) is 0. The standard InChI is InChI=1S/C15H21NO2/c1-16-15(11-7-9-12(17)10-8-11)13-5-3-4-6-14(13)18-2/h3-6,11,15-16H,7-10H2,1-2H3. The number of Topliss-reactive ketones (excluding diaryl/α,β-unsaturated/α-hetero) is 1. The molecule has 98 valence electrons. The SMILES string of the molecule is CNC(c1ccccc1OC)C1CCC(=O)CC1. The Morgan fingerprint density at radius 2 is 1.94 bits per heavy atom. The van der Waals surface area contributed by atoms with Crippen LogP contribution in [0.1, 0.15) is 37.3 Å². The lowest BCUT2D eigenvalue weighted by Gasteiger charge is -2.30. The third-order valence-corrected chi connectivity index (χ3v) is 3.84. The molecule has 0 bridgehead atoms. The number of ether oxygens (including phenoxy) is 1. The molecule has 1 aromatic rings. The van der Waals surface area contributed by atoms with E-state index in [1.807, 2.05) is 25.2 Å². The van der Waals surface area contributed by atoms with Crippen LogP contribution in [-0.2, 0) is 4.79 Å². The molecule has 0 radical (unpaired) electrons. The van der Waals surface area contributed by atoms with Gasteiger partial charge in [0.15, 0.2) is 0 Å². The lowest BCUT2D eigenvalue weighted by Crippen LogP contribution is -2.29. The van der Waals surface area contributed by atoms with E-state index >= 15 is 0 Å². The molecule has 2 rings (SSSR count). The monoisotopic (exact) mass is 247 g/mol. The van der Waals surface area contributed by atoms with Crippen LogP contribution in [0.15, 0.2) is 24.3 Å². The summed E-state index contributed by atoms with van der Waals surface area (Å²) < 4.78 is 5.43. The van der Waals surface area contributed by atoms with E-state index in [9.17, 15) is 4.79 Å². The highest BCUT2D eigenvalue weighted by molar-refractivity contribution is 5.79. The van der Waals surface area contributed by atoms with Crippen molar-refractivity contribution in [2.75, 3.05) is 14.2 Å². The number of hydrogen-bond acceptors (Lipinski definition) is 3. The van der Waals surface area contributed by atoms with Gasteiger partial charge in [-0.1, -0.05) is 18.2 Å². The van der Waals surface area contributed by atoms with Crippen LogP contribution in [0, 0.1) is 5.92 Å². The van der Waals surface area contributed by atoms with Crippen LogP contribution >= 0.6 is 0 Å². The minimum Gasteiger partial charge on any atom is -0.496 e. The van der Waals surface area contributed by atoms with Gasteiger partial charge >= 0.3 is 0 Å². The average Bonchev–Trinajstić information content (AvgIpc) is 2.42. The van der Waals surface area contributed by atoms with E-state index < -0.39 is 0 Å². The average molecular weight is 247 g/mol. The topological polar surface area (TPSA) is 38.3 Å². The van der Waals surface area contributed by atoms with Gasteiger partial charge in [0.25, 0.3) is 0 Å². The Hall–Kier alpha value is -1.35. The first kappa shape index (κ1) is 13.1. The van der Waals surface area contributed by atoms with E-state index in [2.05, 4.69) is 11.4 Å². The van der Waals surface area contributed by atoms with Gasteiger partial charge in [0.1, 0.15) is 11.5 Å². The van der Waals surface area contributed by atoms with Gasteiger partial charge in [0.2, 0.25) is 0 Å². The van der Waals surface area contributed by atoms with Crippen LogP contribution in [0.25, 0.3) is 0 Å². The summed E-state index contributed by atoms with van der Waals surface area (Å²) in [6, 6.07) is 8.40. The summed E-state index contributed by atoms with van der Waals surface area (Å²) in [4.78, 5) is 11.3. The van der Waals surface area contributed by atoms with Gasteiger partial charge in [-0.05, 0) is 31.9 Å². The smallest absolute Gasteiger partial charge is 0.132 e. The molecular formula is C15H21NO2. The van der Waals surface area contributed by atoms with E-state index in [4.69, 9.17) is 4.74 Å². The minimum atomic E-state index is 0.272. The van der Waals surface area contributed by atoms with E-state index in [1.54, 1.807) is 7.11 Å². The zero-order valence-corrected chi connectivity index (χ0v) is 11.1. The molecule has 1 aliphatic carbocycles.